The molecule has 117 heavy (non-hydrogen) atoms. The van der Waals surface area contributed by atoms with Crippen LogP contribution in [0.25, 0.3) is 0 Å². The predicted octanol–water partition coefficient (Wildman–Crippen LogP) is 24.6. The van der Waals surface area contributed by atoms with Crippen molar-refractivity contribution in [1.29, 1.82) is 0 Å². The molecule has 692 valence electrons. The van der Waals surface area contributed by atoms with Gasteiger partial charge in [-0.3, -0.25) is 19.2 Å². The predicted molar refractivity (Wildman–Crippen MR) is 500 cm³/mol. The van der Waals surface area contributed by atoms with Gasteiger partial charge in [0, 0.05) is 51.7 Å². The molecule has 7 saturated carbocycles. The fourth-order valence-corrected chi connectivity index (χ4v) is 19.2. The molecule has 0 spiro atoms. The maximum Gasteiger partial charge on any atom is 0.305 e. The highest BCUT2D eigenvalue weighted by molar-refractivity contribution is 5.76. The van der Waals surface area contributed by atoms with Crippen LogP contribution in [0.2, 0.25) is 0 Å². The summed E-state index contributed by atoms with van der Waals surface area (Å²) < 4.78 is 12.0. The molecule has 7 rings (SSSR count). The third kappa shape index (κ3) is 64.1. The van der Waals surface area contributed by atoms with E-state index in [0.29, 0.717) is 43.3 Å². The zero-order chi connectivity index (χ0) is 83.9. The zero-order valence-corrected chi connectivity index (χ0v) is 78.7. The van der Waals surface area contributed by atoms with Crippen molar-refractivity contribution < 1.29 is 47.8 Å². The van der Waals surface area contributed by atoms with E-state index in [2.05, 4.69) is 78.5 Å². The van der Waals surface area contributed by atoms with E-state index < -0.39 is 12.2 Å². The number of hydrogen-bond donors (Lipinski definition) is 4. The normalized spacial score (nSPS) is 24.1. The molecular weight excluding hydrogens is 1450 g/mol. The van der Waals surface area contributed by atoms with Gasteiger partial charge in [-0.25, -0.2) is 0 Å². The molecule has 14 nitrogen and oxygen atoms in total. The Labute approximate surface area is 727 Å². The quantitative estimate of drug-likeness (QED) is 0.0262. The number of aliphatic hydroxyl groups excluding tert-OH is 2. The van der Waals surface area contributed by atoms with Gasteiger partial charge in [0.2, 0.25) is 11.8 Å². The minimum atomic E-state index is -0.591. The molecule has 0 aromatic rings. The minimum absolute atomic E-state index is 0. The highest BCUT2D eigenvalue weighted by atomic mass is 16.5. The lowest BCUT2D eigenvalue weighted by atomic mass is 10.0. The van der Waals surface area contributed by atoms with Crippen LogP contribution >= 0.6 is 0 Å². The number of quaternary nitrogens is 2. The summed E-state index contributed by atoms with van der Waals surface area (Å²) in [6, 6.07) is 0. The topological polar surface area (TPSA) is 158 Å². The van der Waals surface area contributed by atoms with E-state index in [-0.39, 0.29) is 51.8 Å². The van der Waals surface area contributed by atoms with Crippen LogP contribution in [0.3, 0.4) is 0 Å². The van der Waals surface area contributed by atoms with Crippen LogP contribution in [0, 0.1) is 82.9 Å². The molecule has 16 atom stereocenters. The first-order chi connectivity index (χ1) is 55.3. The van der Waals surface area contributed by atoms with Gasteiger partial charge in [0.05, 0.1) is 48.8 Å². The fourth-order valence-electron chi connectivity index (χ4n) is 19.2. The van der Waals surface area contributed by atoms with E-state index in [1.54, 1.807) is 19.3 Å². The average Bonchev–Trinajstić information content (AvgIpc) is 1.63. The number of aliphatic hydroxyl groups is 2. The van der Waals surface area contributed by atoms with Gasteiger partial charge in [0.25, 0.3) is 0 Å². The smallest absolute Gasteiger partial charge is 0.305 e. The lowest BCUT2D eigenvalue weighted by molar-refractivity contribution is -0.873. The van der Waals surface area contributed by atoms with Crippen LogP contribution in [-0.4, -0.2) is 188 Å². The number of unbranched alkanes of at least 4 members (excludes halogenated alkanes) is 28. The average molecular weight is 1650 g/mol. The largest absolute Gasteiger partial charge is 0.463 e. The van der Waals surface area contributed by atoms with E-state index in [1.807, 2.05) is 40.1 Å². The molecule has 7 aliphatic carbocycles. The first-order valence-electron chi connectivity index (χ1n) is 50.4. The van der Waals surface area contributed by atoms with Crippen LogP contribution in [-0.2, 0) is 28.7 Å². The lowest BCUT2D eigenvalue weighted by Gasteiger charge is -2.26. The summed E-state index contributed by atoms with van der Waals surface area (Å²) >= 11 is 0. The van der Waals surface area contributed by atoms with Crippen LogP contribution in [0.4, 0.5) is 0 Å². The van der Waals surface area contributed by atoms with Gasteiger partial charge in [0.1, 0.15) is 32.0 Å². The van der Waals surface area contributed by atoms with Crippen molar-refractivity contribution in [3.63, 3.8) is 0 Å². The lowest BCUT2D eigenvalue weighted by Crippen LogP contribution is -2.43. The second kappa shape index (κ2) is 67.1. The van der Waals surface area contributed by atoms with Crippen molar-refractivity contribution >= 4 is 23.8 Å². The summed E-state index contributed by atoms with van der Waals surface area (Å²) in [5.74, 6) is 15.2. The number of carbonyl (C=O) groups excluding carboxylic acids is 4. The van der Waals surface area contributed by atoms with Crippen LogP contribution in [0.1, 0.15) is 421 Å². The number of likely N-dealkylation sites (N-methyl/N-ethyl adjacent to an activating group) is 2. The van der Waals surface area contributed by atoms with Crippen LogP contribution in [0.5, 0.6) is 0 Å². The number of nitrogens with one attached hydrogen (secondary N) is 2. The number of carbonyl (C=O) groups is 4. The maximum absolute atomic E-state index is 11.8. The molecule has 0 saturated heterocycles. The van der Waals surface area contributed by atoms with Crippen molar-refractivity contribution in [2.75, 3.05) is 123 Å². The Kier molecular flexibility index (Phi) is 63.4. The Balaban J connectivity index is 0.000000527. The molecule has 0 aromatic heterocycles. The molecule has 4 N–H and O–H groups in total. The molecule has 0 heterocycles. The Bertz CT molecular complexity index is 2400. The number of rotatable bonds is 73. The van der Waals surface area contributed by atoms with E-state index in [9.17, 15) is 29.4 Å². The summed E-state index contributed by atoms with van der Waals surface area (Å²) in [5, 5.41) is 25.7. The van der Waals surface area contributed by atoms with Crippen molar-refractivity contribution in [2.45, 2.75) is 434 Å². The molecule has 0 aliphatic heterocycles. The Hall–Kier alpha value is -2.36. The number of esters is 2. The first kappa shape index (κ1) is 111. The molecule has 0 aromatic carbocycles. The molecular formula is C103H204N6O8+2. The number of amides is 2. The monoisotopic (exact) mass is 1650 g/mol. The Morgan fingerprint density at radius 3 is 0.940 bits per heavy atom. The SMILES string of the molecule is C.C.CCC1CC1CC1CC1CC1CC1CCCCCCCC(=O)OCC(O)C[N+](C)(C)C.CCCCCC1CC1CC1CC1CCCCCCCC(=O)OCC(O)CN(C)C.CCCCCCCCC1CC1CCCCCCCC(=O)NCCCN(C)C.CCCCCCCCC1CC1CCCCCCCC(=O)NCCC[N+](C)(C)C. The van der Waals surface area contributed by atoms with Crippen molar-refractivity contribution in [2.24, 2.45) is 82.9 Å². The summed E-state index contributed by atoms with van der Waals surface area (Å²) in [6.07, 6.45) is 76.5. The highest BCUT2D eigenvalue weighted by Gasteiger charge is 2.49. The molecule has 16 unspecified atom stereocenters. The van der Waals surface area contributed by atoms with Gasteiger partial charge in [-0.05, 0) is 214 Å². The van der Waals surface area contributed by atoms with Gasteiger partial charge in [-0.15, -0.1) is 0 Å². The minimum Gasteiger partial charge on any atom is -0.463 e. The Morgan fingerprint density at radius 1 is 0.333 bits per heavy atom. The molecule has 7 fully saturated rings. The second-order valence-electron chi connectivity index (χ2n) is 41.9. The van der Waals surface area contributed by atoms with Crippen LogP contribution in [0.15, 0.2) is 0 Å². The molecule has 7 aliphatic rings. The number of hydrogen-bond acceptors (Lipinski definition) is 10. The van der Waals surface area contributed by atoms with E-state index in [1.165, 1.54) is 283 Å². The number of ether oxygens (including phenoxy) is 2. The van der Waals surface area contributed by atoms with Gasteiger partial charge in [0.15, 0.2) is 0 Å². The van der Waals surface area contributed by atoms with Crippen molar-refractivity contribution in [3.8, 4) is 0 Å². The van der Waals surface area contributed by atoms with Crippen molar-refractivity contribution in [3.05, 3.63) is 0 Å². The second-order valence-corrected chi connectivity index (χ2v) is 41.9. The Morgan fingerprint density at radius 2 is 0.607 bits per heavy atom. The summed E-state index contributed by atoms with van der Waals surface area (Å²) in [7, 11) is 20.6. The fraction of sp³-hybridized carbons (Fsp3) is 0.961. The molecule has 0 radical (unpaired) electrons. The van der Waals surface area contributed by atoms with Crippen LogP contribution < -0.4 is 10.6 Å². The van der Waals surface area contributed by atoms with E-state index >= 15 is 0 Å². The molecule has 2 amide bonds. The van der Waals surface area contributed by atoms with Gasteiger partial charge in [-0.1, -0.05) is 293 Å². The van der Waals surface area contributed by atoms with Gasteiger partial charge >= 0.3 is 11.9 Å². The van der Waals surface area contributed by atoms with Gasteiger partial charge < -0.3 is 49.1 Å². The van der Waals surface area contributed by atoms with Gasteiger partial charge in [-0.2, -0.15) is 0 Å². The third-order valence-electron chi connectivity index (χ3n) is 27.4. The van der Waals surface area contributed by atoms with E-state index in [0.717, 1.165) is 165 Å². The van der Waals surface area contributed by atoms with Crippen molar-refractivity contribution in [1.82, 2.24) is 20.4 Å². The van der Waals surface area contributed by atoms with E-state index in [4.69, 9.17) is 9.47 Å². The summed E-state index contributed by atoms with van der Waals surface area (Å²) in [4.78, 5) is 51.1. The summed E-state index contributed by atoms with van der Waals surface area (Å²) in [5.41, 5.74) is 0. The molecule has 14 heteroatoms. The zero-order valence-electron chi connectivity index (χ0n) is 78.7. The number of nitrogens with zero attached hydrogens (tertiary/aromatic N) is 4. The standard InChI is InChI=1S/C27H50NO3.C25H50N2O.C25H47NO3.C24H48N2O.2CH4/c1-5-20-13-22(20)15-24-17-25(24)16-23-14-21(23)11-9-7-6-8-10-12-27(30)31-19-26(29)18-28(2,3)4;1-5-6-7-8-10-13-17-23-22-24(23)18-14-11-9-12-15-19-25(28)26-20-16-21-27(2,3)4;1-4-5-9-12-20-15-22(20)17-23-16-21(23)13-10-7-6-8-11-14-25(28)29-19-24(27)18-26(2)3;1-4-5-6-7-9-12-16-22-21-23(22)17-13-10-8-11-14-18-24(27)25-19-15-20-26(2)3;;/h20-26,29H,5-19H2,1-4H3;23-24H,5-22H2,1-4H3;20-24,27H,4-19H2,1-3H3;22-23H,4-21H2,1-3H3,(H,25,27);2*1H4/q+1;;;;;/p+1. The highest BCUT2D eigenvalue weighted by Crippen LogP contribution is 2.59. The maximum atomic E-state index is 11.8. The third-order valence-corrected chi connectivity index (χ3v) is 27.4. The summed E-state index contributed by atoms with van der Waals surface area (Å²) in [6.45, 7) is 14.4. The molecule has 0 bridgehead atoms. The first-order valence-corrected chi connectivity index (χ1v) is 50.4.